The van der Waals surface area contributed by atoms with E-state index >= 15 is 0 Å². The van der Waals surface area contributed by atoms with E-state index in [1.54, 1.807) is 0 Å². The molecule has 0 amide bonds. The highest BCUT2D eigenvalue weighted by molar-refractivity contribution is 4.60. The molecule has 0 aromatic rings. The van der Waals surface area contributed by atoms with Crippen LogP contribution in [0.5, 0.6) is 0 Å². The Morgan fingerprint density at radius 1 is 1.20 bits per heavy atom. The van der Waals surface area contributed by atoms with Crippen molar-refractivity contribution in [3.8, 4) is 0 Å². The van der Waals surface area contributed by atoms with Crippen molar-refractivity contribution in [2.24, 2.45) is 11.8 Å². The molecule has 10 heavy (non-hydrogen) atoms. The summed E-state index contributed by atoms with van der Waals surface area (Å²) in [7, 11) is 2.02. The first-order valence-electron chi connectivity index (χ1n) is 4.37. The summed E-state index contributed by atoms with van der Waals surface area (Å²) in [6.45, 7) is 8.10. The van der Waals surface area contributed by atoms with E-state index in [-0.39, 0.29) is 0 Å². The Morgan fingerprint density at radius 2 is 1.80 bits per heavy atom. The highest BCUT2D eigenvalue weighted by Gasteiger charge is 2.08. The highest BCUT2D eigenvalue weighted by Crippen LogP contribution is 2.16. The molecule has 0 heterocycles. The van der Waals surface area contributed by atoms with Crippen molar-refractivity contribution >= 4 is 0 Å². The lowest BCUT2D eigenvalue weighted by molar-refractivity contribution is 0.352. The minimum atomic E-state index is 0.873. The first kappa shape index (κ1) is 9.96. The minimum absolute atomic E-state index is 0.873. The van der Waals surface area contributed by atoms with E-state index in [4.69, 9.17) is 0 Å². The molecule has 0 saturated heterocycles. The molecule has 1 heteroatoms. The van der Waals surface area contributed by atoms with Gasteiger partial charge in [0.25, 0.3) is 0 Å². The van der Waals surface area contributed by atoms with Crippen LogP contribution in [-0.2, 0) is 0 Å². The fourth-order valence-electron chi connectivity index (χ4n) is 1.06. The van der Waals surface area contributed by atoms with Gasteiger partial charge in [-0.3, -0.25) is 0 Å². The van der Waals surface area contributed by atoms with Gasteiger partial charge in [0, 0.05) is 0 Å². The van der Waals surface area contributed by atoms with Gasteiger partial charge in [0.1, 0.15) is 0 Å². The second-order valence-electron chi connectivity index (χ2n) is 3.26. The largest absolute Gasteiger partial charge is 0.320 e. The van der Waals surface area contributed by atoms with Crippen molar-refractivity contribution < 1.29 is 0 Å². The quantitative estimate of drug-likeness (QED) is 0.622. The Kier molecular flexibility index (Phi) is 5.70. The number of hydrogen-bond acceptors (Lipinski definition) is 1. The average Bonchev–Trinajstić information content (AvgIpc) is 1.98. The molecule has 0 radical (unpaired) electrons. The molecule has 0 aliphatic heterocycles. The van der Waals surface area contributed by atoms with Crippen molar-refractivity contribution in [1.29, 1.82) is 0 Å². The third-order valence-electron chi connectivity index (χ3n) is 2.47. The minimum Gasteiger partial charge on any atom is -0.320 e. The van der Waals surface area contributed by atoms with Gasteiger partial charge in [-0.1, -0.05) is 27.2 Å². The molecule has 1 N–H and O–H groups in total. The number of rotatable bonds is 5. The molecule has 0 aromatic heterocycles. The SMILES string of the molecule is CCC(C)[C@@H](C)CCNC. The fraction of sp³-hybridized carbons (Fsp3) is 1.00. The van der Waals surface area contributed by atoms with Gasteiger partial charge in [0.2, 0.25) is 0 Å². The van der Waals surface area contributed by atoms with Gasteiger partial charge in [0.15, 0.2) is 0 Å². The first-order valence-corrected chi connectivity index (χ1v) is 4.37. The smallest absolute Gasteiger partial charge is 0.00493 e. The van der Waals surface area contributed by atoms with E-state index < -0.39 is 0 Å². The normalized spacial score (nSPS) is 16.8. The maximum Gasteiger partial charge on any atom is -0.00493 e. The van der Waals surface area contributed by atoms with Crippen LogP contribution < -0.4 is 5.32 Å². The molecule has 0 aliphatic rings. The van der Waals surface area contributed by atoms with Gasteiger partial charge in [-0.15, -0.1) is 0 Å². The lowest BCUT2D eigenvalue weighted by atomic mass is 9.91. The van der Waals surface area contributed by atoms with Gasteiger partial charge in [-0.2, -0.15) is 0 Å². The number of hydrogen-bond donors (Lipinski definition) is 1. The standard InChI is InChI=1S/C9H21N/c1-5-8(2)9(3)6-7-10-4/h8-10H,5-7H2,1-4H3/t8?,9-/m0/s1. The summed E-state index contributed by atoms with van der Waals surface area (Å²) >= 11 is 0. The van der Waals surface area contributed by atoms with Crippen molar-refractivity contribution in [1.82, 2.24) is 5.32 Å². The Morgan fingerprint density at radius 3 is 2.20 bits per heavy atom. The Balaban J connectivity index is 3.31. The van der Waals surface area contributed by atoms with Gasteiger partial charge in [-0.05, 0) is 31.8 Å². The molecule has 0 bridgehead atoms. The zero-order valence-electron chi connectivity index (χ0n) is 7.78. The van der Waals surface area contributed by atoms with Gasteiger partial charge >= 0.3 is 0 Å². The Labute approximate surface area is 65.2 Å². The summed E-state index contributed by atoms with van der Waals surface area (Å²) in [6, 6.07) is 0. The maximum atomic E-state index is 3.18. The second-order valence-corrected chi connectivity index (χ2v) is 3.26. The van der Waals surface area contributed by atoms with E-state index in [2.05, 4.69) is 26.1 Å². The van der Waals surface area contributed by atoms with Crippen LogP contribution in [0.2, 0.25) is 0 Å². The van der Waals surface area contributed by atoms with Crippen molar-refractivity contribution in [3.63, 3.8) is 0 Å². The maximum absolute atomic E-state index is 3.18. The Bertz CT molecular complexity index is 71.1. The zero-order valence-corrected chi connectivity index (χ0v) is 7.78. The molecule has 1 nitrogen and oxygen atoms in total. The average molecular weight is 143 g/mol. The predicted octanol–water partition coefficient (Wildman–Crippen LogP) is 2.28. The topological polar surface area (TPSA) is 12.0 Å². The monoisotopic (exact) mass is 143 g/mol. The van der Waals surface area contributed by atoms with Crippen molar-refractivity contribution in [3.05, 3.63) is 0 Å². The van der Waals surface area contributed by atoms with Crippen molar-refractivity contribution in [2.45, 2.75) is 33.6 Å². The molecule has 2 atom stereocenters. The first-order chi connectivity index (χ1) is 4.72. The Hall–Kier alpha value is -0.0400. The third kappa shape index (κ3) is 3.89. The molecule has 0 fully saturated rings. The van der Waals surface area contributed by atoms with Crippen LogP contribution in [0, 0.1) is 11.8 Å². The van der Waals surface area contributed by atoms with E-state index in [1.165, 1.54) is 12.8 Å². The summed E-state index contributed by atoms with van der Waals surface area (Å²) < 4.78 is 0. The van der Waals surface area contributed by atoms with Crippen LogP contribution in [0.25, 0.3) is 0 Å². The van der Waals surface area contributed by atoms with Crippen LogP contribution in [0.1, 0.15) is 33.6 Å². The van der Waals surface area contributed by atoms with Gasteiger partial charge < -0.3 is 5.32 Å². The van der Waals surface area contributed by atoms with Crippen LogP contribution >= 0.6 is 0 Å². The summed E-state index contributed by atoms with van der Waals surface area (Å²) in [5.74, 6) is 1.76. The van der Waals surface area contributed by atoms with Crippen LogP contribution in [-0.4, -0.2) is 13.6 Å². The number of nitrogens with one attached hydrogen (secondary N) is 1. The van der Waals surface area contributed by atoms with E-state index in [0.29, 0.717) is 0 Å². The van der Waals surface area contributed by atoms with E-state index in [1.807, 2.05) is 7.05 Å². The lowest BCUT2D eigenvalue weighted by Gasteiger charge is -2.17. The summed E-state index contributed by atoms with van der Waals surface area (Å²) in [5, 5.41) is 3.18. The fourth-order valence-corrected chi connectivity index (χ4v) is 1.06. The summed E-state index contributed by atoms with van der Waals surface area (Å²) in [4.78, 5) is 0. The summed E-state index contributed by atoms with van der Waals surface area (Å²) in [5.41, 5.74) is 0. The molecular weight excluding hydrogens is 122 g/mol. The third-order valence-corrected chi connectivity index (χ3v) is 2.47. The van der Waals surface area contributed by atoms with Crippen LogP contribution in [0.4, 0.5) is 0 Å². The van der Waals surface area contributed by atoms with Crippen molar-refractivity contribution in [2.75, 3.05) is 13.6 Å². The lowest BCUT2D eigenvalue weighted by Crippen LogP contribution is -2.15. The molecule has 0 aliphatic carbocycles. The van der Waals surface area contributed by atoms with E-state index in [9.17, 15) is 0 Å². The highest BCUT2D eigenvalue weighted by atomic mass is 14.8. The summed E-state index contributed by atoms with van der Waals surface area (Å²) in [6.07, 6.45) is 2.62. The predicted molar refractivity (Wildman–Crippen MR) is 47.2 cm³/mol. The molecule has 0 saturated carbocycles. The van der Waals surface area contributed by atoms with Crippen LogP contribution in [0.3, 0.4) is 0 Å². The van der Waals surface area contributed by atoms with E-state index in [0.717, 1.165) is 18.4 Å². The van der Waals surface area contributed by atoms with Gasteiger partial charge in [-0.25, -0.2) is 0 Å². The molecule has 0 spiro atoms. The molecule has 1 unspecified atom stereocenters. The second kappa shape index (κ2) is 5.72. The zero-order chi connectivity index (χ0) is 7.98. The van der Waals surface area contributed by atoms with Gasteiger partial charge in [0.05, 0.1) is 0 Å². The van der Waals surface area contributed by atoms with Crippen LogP contribution in [0.15, 0.2) is 0 Å². The molecule has 0 rings (SSSR count). The molecule has 0 aromatic carbocycles. The molecule has 62 valence electrons. The molecular formula is C9H21N.